The second kappa shape index (κ2) is 7.73. The third-order valence-corrected chi connectivity index (χ3v) is 4.27. The van der Waals surface area contributed by atoms with E-state index in [1.54, 1.807) is 6.92 Å². The van der Waals surface area contributed by atoms with Crippen molar-refractivity contribution in [2.45, 2.75) is 26.3 Å². The van der Waals surface area contributed by atoms with E-state index in [1.165, 1.54) is 11.3 Å². The summed E-state index contributed by atoms with van der Waals surface area (Å²) in [6.07, 6.45) is -0.321. The summed E-state index contributed by atoms with van der Waals surface area (Å²) >= 11 is 1.34. The molecule has 2 amide bonds. The average Bonchev–Trinajstić information content (AvgIpc) is 2.84. The fourth-order valence-electron chi connectivity index (χ4n) is 2.23. The number of carbonyl (C=O) groups is 2. The maximum absolute atomic E-state index is 12.4. The molecule has 0 aliphatic carbocycles. The number of nitrogens with zero attached hydrogens (tertiary/aromatic N) is 1. The Balaban J connectivity index is 2.08. The van der Waals surface area contributed by atoms with E-state index in [1.807, 2.05) is 37.3 Å². The number of primary amides is 1. The number of thiazole rings is 1. The Morgan fingerprint density at radius 3 is 2.57 bits per heavy atom. The summed E-state index contributed by atoms with van der Waals surface area (Å²) in [6, 6.07) is 9.29. The van der Waals surface area contributed by atoms with Gasteiger partial charge in [0.1, 0.15) is 11.5 Å². The molecule has 0 fully saturated rings. The van der Waals surface area contributed by atoms with Gasteiger partial charge in [-0.25, -0.2) is 9.78 Å². The van der Waals surface area contributed by atoms with Crippen LogP contribution < -0.4 is 11.1 Å². The SMILES string of the molecule is Cc1nc(C)c(C(=O)NC(COC(N)=O)Cc2ccccc2)s1. The number of carbonyl (C=O) groups excluding carboxylic acids is 2. The van der Waals surface area contributed by atoms with Gasteiger partial charge in [0.15, 0.2) is 0 Å². The molecule has 1 atom stereocenters. The molecule has 1 aromatic heterocycles. The van der Waals surface area contributed by atoms with E-state index < -0.39 is 6.09 Å². The van der Waals surface area contributed by atoms with Crippen molar-refractivity contribution in [1.29, 1.82) is 0 Å². The first-order valence-electron chi connectivity index (χ1n) is 7.16. The summed E-state index contributed by atoms with van der Waals surface area (Å²) in [5, 5.41) is 3.72. The number of hydrogen-bond donors (Lipinski definition) is 2. The van der Waals surface area contributed by atoms with Crippen molar-refractivity contribution >= 4 is 23.3 Å². The van der Waals surface area contributed by atoms with Gasteiger partial charge in [-0.1, -0.05) is 30.3 Å². The maximum atomic E-state index is 12.4. The Bertz CT molecular complexity index is 685. The Hall–Kier alpha value is -2.41. The number of amides is 2. The predicted molar refractivity (Wildman–Crippen MR) is 88.5 cm³/mol. The number of nitrogens with one attached hydrogen (secondary N) is 1. The average molecular weight is 333 g/mol. The smallest absolute Gasteiger partial charge is 0.404 e. The fraction of sp³-hybridized carbons (Fsp3) is 0.312. The molecule has 1 aromatic carbocycles. The lowest BCUT2D eigenvalue weighted by Crippen LogP contribution is -2.40. The van der Waals surface area contributed by atoms with Gasteiger partial charge in [-0.05, 0) is 25.8 Å². The van der Waals surface area contributed by atoms with E-state index in [0.29, 0.717) is 17.0 Å². The Kier molecular flexibility index (Phi) is 5.70. The number of aryl methyl sites for hydroxylation is 2. The molecule has 0 saturated carbocycles. The molecule has 6 nitrogen and oxygen atoms in total. The van der Waals surface area contributed by atoms with Crippen LogP contribution in [0.25, 0.3) is 0 Å². The lowest BCUT2D eigenvalue weighted by molar-refractivity contribution is 0.0902. The molecule has 0 saturated heterocycles. The van der Waals surface area contributed by atoms with Crippen LogP contribution >= 0.6 is 11.3 Å². The second-order valence-corrected chi connectivity index (χ2v) is 6.34. The number of ether oxygens (including phenoxy) is 1. The van der Waals surface area contributed by atoms with Crippen molar-refractivity contribution in [3.63, 3.8) is 0 Å². The van der Waals surface area contributed by atoms with Gasteiger partial charge in [-0.3, -0.25) is 4.79 Å². The number of benzene rings is 1. The van der Waals surface area contributed by atoms with Gasteiger partial charge in [0.05, 0.1) is 16.7 Å². The molecule has 0 spiro atoms. The van der Waals surface area contributed by atoms with Crippen LogP contribution in [0.1, 0.15) is 25.9 Å². The Morgan fingerprint density at radius 2 is 2.00 bits per heavy atom. The zero-order chi connectivity index (χ0) is 16.8. The molecule has 2 rings (SSSR count). The van der Waals surface area contributed by atoms with Gasteiger partial charge in [-0.15, -0.1) is 11.3 Å². The van der Waals surface area contributed by atoms with Crippen LogP contribution in [0.4, 0.5) is 4.79 Å². The third-order valence-electron chi connectivity index (χ3n) is 3.20. The quantitative estimate of drug-likeness (QED) is 0.847. The summed E-state index contributed by atoms with van der Waals surface area (Å²) in [7, 11) is 0. The van der Waals surface area contributed by atoms with Gasteiger partial charge in [0.2, 0.25) is 0 Å². The van der Waals surface area contributed by atoms with Crippen molar-refractivity contribution in [2.75, 3.05) is 6.61 Å². The van der Waals surface area contributed by atoms with E-state index in [2.05, 4.69) is 10.3 Å². The molecule has 23 heavy (non-hydrogen) atoms. The van der Waals surface area contributed by atoms with Crippen LogP contribution in [-0.4, -0.2) is 29.6 Å². The molecule has 122 valence electrons. The minimum atomic E-state index is -0.859. The minimum Gasteiger partial charge on any atom is -0.448 e. The number of hydrogen-bond acceptors (Lipinski definition) is 5. The minimum absolute atomic E-state index is 0.0206. The molecule has 2 aromatic rings. The van der Waals surface area contributed by atoms with Gasteiger partial charge in [-0.2, -0.15) is 0 Å². The second-order valence-electron chi connectivity index (χ2n) is 5.14. The molecule has 0 bridgehead atoms. The molecule has 0 aliphatic rings. The standard InChI is InChI=1S/C16H19N3O3S/c1-10-14(23-11(2)18-10)15(20)19-13(9-22-16(17)21)8-12-6-4-3-5-7-12/h3-7,13H,8-9H2,1-2H3,(H2,17,21)(H,19,20). The van der Waals surface area contributed by atoms with E-state index >= 15 is 0 Å². The molecule has 0 radical (unpaired) electrons. The highest BCUT2D eigenvalue weighted by atomic mass is 32.1. The van der Waals surface area contributed by atoms with Crippen molar-refractivity contribution < 1.29 is 14.3 Å². The van der Waals surface area contributed by atoms with Gasteiger partial charge in [0, 0.05) is 0 Å². The Labute approximate surface area is 138 Å². The summed E-state index contributed by atoms with van der Waals surface area (Å²) in [5.74, 6) is -0.220. The van der Waals surface area contributed by atoms with Crippen LogP contribution in [0.5, 0.6) is 0 Å². The first-order valence-corrected chi connectivity index (χ1v) is 7.98. The summed E-state index contributed by atoms with van der Waals surface area (Å²) < 4.78 is 4.86. The topological polar surface area (TPSA) is 94.3 Å². The zero-order valence-corrected chi connectivity index (χ0v) is 13.9. The summed E-state index contributed by atoms with van der Waals surface area (Å²) in [4.78, 5) is 28.1. The van der Waals surface area contributed by atoms with Crippen molar-refractivity contribution in [3.05, 3.63) is 51.5 Å². The third kappa shape index (κ3) is 5.07. The van der Waals surface area contributed by atoms with Crippen LogP contribution in [0, 0.1) is 13.8 Å². The highest BCUT2D eigenvalue weighted by molar-refractivity contribution is 7.13. The predicted octanol–water partition coefficient (Wildman–Crippen LogP) is 2.20. The number of rotatable bonds is 6. The van der Waals surface area contributed by atoms with E-state index in [4.69, 9.17) is 10.5 Å². The van der Waals surface area contributed by atoms with Crippen LogP contribution in [0.15, 0.2) is 30.3 Å². The monoisotopic (exact) mass is 333 g/mol. The summed E-state index contributed by atoms with van der Waals surface area (Å²) in [5.41, 5.74) is 6.75. The highest BCUT2D eigenvalue weighted by Gasteiger charge is 2.19. The lowest BCUT2D eigenvalue weighted by Gasteiger charge is -2.18. The van der Waals surface area contributed by atoms with Crippen LogP contribution in [0.2, 0.25) is 0 Å². The van der Waals surface area contributed by atoms with E-state index in [9.17, 15) is 9.59 Å². The zero-order valence-electron chi connectivity index (χ0n) is 13.0. The summed E-state index contributed by atoms with van der Waals surface area (Å²) in [6.45, 7) is 3.67. The molecule has 1 heterocycles. The lowest BCUT2D eigenvalue weighted by atomic mass is 10.1. The fourth-order valence-corrected chi connectivity index (χ4v) is 3.05. The van der Waals surface area contributed by atoms with Crippen molar-refractivity contribution in [1.82, 2.24) is 10.3 Å². The molecular weight excluding hydrogens is 314 g/mol. The number of nitrogens with two attached hydrogens (primary N) is 1. The van der Waals surface area contributed by atoms with Gasteiger partial charge < -0.3 is 15.8 Å². The van der Waals surface area contributed by atoms with Gasteiger partial charge >= 0.3 is 6.09 Å². The normalized spacial score (nSPS) is 11.7. The molecular formula is C16H19N3O3S. The van der Waals surface area contributed by atoms with E-state index in [0.717, 1.165) is 10.6 Å². The van der Waals surface area contributed by atoms with E-state index in [-0.39, 0.29) is 18.6 Å². The number of aromatic nitrogens is 1. The molecule has 1 unspecified atom stereocenters. The maximum Gasteiger partial charge on any atom is 0.404 e. The first-order chi connectivity index (χ1) is 11.0. The molecule has 3 N–H and O–H groups in total. The Morgan fingerprint density at radius 1 is 1.30 bits per heavy atom. The molecule has 0 aliphatic heterocycles. The highest BCUT2D eigenvalue weighted by Crippen LogP contribution is 2.17. The van der Waals surface area contributed by atoms with Crippen LogP contribution in [-0.2, 0) is 11.2 Å². The van der Waals surface area contributed by atoms with Crippen molar-refractivity contribution in [3.8, 4) is 0 Å². The molecule has 7 heteroatoms. The largest absolute Gasteiger partial charge is 0.448 e. The first kappa shape index (κ1) is 17.0. The van der Waals surface area contributed by atoms with Crippen molar-refractivity contribution in [2.24, 2.45) is 5.73 Å². The van der Waals surface area contributed by atoms with Gasteiger partial charge in [0.25, 0.3) is 5.91 Å². The van der Waals surface area contributed by atoms with Crippen LogP contribution in [0.3, 0.4) is 0 Å².